The molecule has 47 heavy (non-hydrogen) atoms. The van der Waals surface area contributed by atoms with E-state index < -0.39 is 5.97 Å². The molecule has 0 spiro atoms. The topological polar surface area (TPSA) is 123 Å². The lowest BCUT2D eigenvalue weighted by molar-refractivity contribution is -0.128. The van der Waals surface area contributed by atoms with Crippen LogP contribution in [-0.2, 0) is 9.53 Å². The third-order valence-corrected chi connectivity index (χ3v) is 7.60. The maximum Gasteiger partial charge on any atom is 0.338 e. The normalized spacial score (nSPS) is 11.0. The molecule has 0 amide bonds. The van der Waals surface area contributed by atoms with Crippen LogP contribution in [0, 0.1) is 0 Å². The van der Waals surface area contributed by atoms with E-state index in [2.05, 4.69) is 6.92 Å². The number of hydrogen-bond donors (Lipinski definition) is 2. The van der Waals surface area contributed by atoms with Crippen molar-refractivity contribution in [2.75, 3.05) is 31.3 Å². The quantitative estimate of drug-likeness (QED) is 0.0344. The molecule has 3 rings (SSSR count). The molecule has 4 N–H and O–H groups in total. The van der Waals surface area contributed by atoms with Gasteiger partial charge in [-0.05, 0) is 85.5 Å². The number of nitrogen functional groups attached to an aromatic ring is 2. The van der Waals surface area contributed by atoms with Crippen LogP contribution in [0.15, 0.2) is 72.8 Å². The molecule has 8 heteroatoms. The average Bonchev–Trinajstić information content (AvgIpc) is 3.06. The van der Waals surface area contributed by atoms with Gasteiger partial charge in [0.25, 0.3) is 0 Å². The molecule has 0 heterocycles. The van der Waals surface area contributed by atoms with Crippen LogP contribution in [0.3, 0.4) is 0 Å². The van der Waals surface area contributed by atoms with Gasteiger partial charge in [0.1, 0.15) is 17.2 Å². The summed E-state index contributed by atoms with van der Waals surface area (Å²) in [4.78, 5) is 24.3. The van der Waals surface area contributed by atoms with E-state index in [9.17, 15) is 9.59 Å². The predicted octanol–water partition coefficient (Wildman–Crippen LogP) is 9.18. The van der Waals surface area contributed by atoms with Crippen molar-refractivity contribution >= 4 is 29.4 Å². The fourth-order valence-electron chi connectivity index (χ4n) is 4.99. The molecule has 0 atom stereocenters. The Balaban J connectivity index is 1.16. The first-order valence-electron chi connectivity index (χ1n) is 17.1. The summed E-state index contributed by atoms with van der Waals surface area (Å²) in [5, 5.41) is 0. The fourth-order valence-corrected chi connectivity index (χ4v) is 4.99. The third-order valence-electron chi connectivity index (χ3n) is 7.60. The minimum Gasteiger partial charge on any atom is -0.494 e. The molecule has 254 valence electrons. The maximum absolute atomic E-state index is 12.2. The van der Waals surface area contributed by atoms with Gasteiger partial charge in [-0.3, -0.25) is 0 Å². The summed E-state index contributed by atoms with van der Waals surface area (Å²) in [6, 6.07) is 19.6. The van der Waals surface area contributed by atoms with Crippen LogP contribution >= 0.6 is 0 Å². The van der Waals surface area contributed by atoms with Crippen LogP contribution in [-0.4, -0.2) is 31.8 Å². The van der Waals surface area contributed by atoms with Crippen molar-refractivity contribution in [3.63, 3.8) is 0 Å². The number of esters is 2. The molecule has 0 radical (unpaired) electrons. The summed E-state index contributed by atoms with van der Waals surface area (Å²) in [6.45, 7) is 3.98. The van der Waals surface area contributed by atoms with Crippen molar-refractivity contribution in [3.8, 4) is 17.2 Å². The van der Waals surface area contributed by atoms with Gasteiger partial charge in [0.05, 0.1) is 25.4 Å². The van der Waals surface area contributed by atoms with Gasteiger partial charge < -0.3 is 30.4 Å². The van der Waals surface area contributed by atoms with Crippen LogP contribution in [0.2, 0.25) is 0 Å². The molecule has 3 aromatic rings. The van der Waals surface area contributed by atoms with Gasteiger partial charge >= 0.3 is 11.9 Å². The number of unbranched alkanes of at least 4 members (excludes halogenated alkanes) is 11. The Bertz CT molecular complexity index is 1330. The van der Waals surface area contributed by atoms with Crippen molar-refractivity contribution in [2.24, 2.45) is 0 Å². The van der Waals surface area contributed by atoms with Crippen LogP contribution < -0.4 is 25.7 Å². The van der Waals surface area contributed by atoms with E-state index in [1.807, 2.05) is 36.4 Å². The van der Waals surface area contributed by atoms with Crippen molar-refractivity contribution in [1.29, 1.82) is 0 Å². The number of ether oxygens (including phenoxy) is 4. The minimum absolute atomic E-state index is 0.381. The number of carbonyl (C=O) groups is 2. The van der Waals surface area contributed by atoms with Crippen molar-refractivity contribution in [3.05, 3.63) is 83.9 Å². The standard InChI is InChI=1S/C39H52N2O6/c1-2-3-4-12-25-45-36-20-22-37(23-21-36)47-38(42)24-17-31-15-18-35(19-16-31)44-26-13-10-8-6-5-7-9-11-14-27-46-39(43)32-28-33(40)30-34(41)29-32/h15-24,28-30H,2-14,25-27,40-41H2,1H3. The Morgan fingerprint density at radius 3 is 1.62 bits per heavy atom. The second-order valence-electron chi connectivity index (χ2n) is 11.8. The Morgan fingerprint density at radius 1 is 0.596 bits per heavy atom. The number of anilines is 2. The molecule has 0 saturated heterocycles. The monoisotopic (exact) mass is 644 g/mol. The summed E-state index contributed by atoms with van der Waals surface area (Å²) >= 11 is 0. The molecule has 0 saturated carbocycles. The molecule has 0 unspecified atom stereocenters. The number of rotatable bonds is 23. The highest BCUT2D eigenvalue weighted by atomic mass is 16.5. The van der Waals surface area contributed by atoms with E-state index in [0.717, 1.165) is 55.6 Å². The largest absolute Gasteiger partial charge is 0.494 e. The first-order chi connectivity index (χ1) is 22.9. The Hall–Kier alpha value is -4.46. The van der Waals surface area contributed by atoms with E-state index in [1.54, 1.807) is 36.4 Å². The zero-order valence-electron chi connectivity index (χ0n) is 27.9. The van der Waals surface area contributed by atoms with E-state index in [4.69, 9.17) is 30.4 Å². The van der Waals surface area contributed by atoms with Crippen molar-refractivity contribution in [2.45, 2.75) is 90.4 Å². The molecule has 3 aromatic carbocycles. The summed E-state index contributed by atoms with van der Waals surface area (Å²) in [5.74, 6) is 1.27. The first-order valence-corrected chi connectivity index (χ1v) is 17.1. The zero-order chi connectivity index (χ0) is 33.5. The Morgan fingerprint density at radius 2 is 1.06 bits per heavy atom. The lowest BCUT2D eigenvalue weighted by atomic mass is 10.1. The van der Waals surface area contributed by atoms with Gasteiger partial charge in [-0.15, -0.1) is 0 Å². The van der Waals surface area contributed by atoms with E-state index in [-0.39, 0.29) is 5.97 Å². The molecule has 8 nitrogen and oxygen atoms in total. The number of benzene rings is 3. The third kappa shape index (κ3) is 16.1. The SMILES string of the molecule is CCCCCCOc1ccc(OC(=O)C=Cc2ccc(OCCCCCCCCCCCOC(=O)c3cc(N)cc(N)c3)cc2)cc1. The van der Waals surface area contributed by atoms with E-state index in [0.29, 0.717) is 42.5 Å². The summed E-state index contributed by atoms with van der Waals surface area (Å²) in [7, 11) is 0. The van der Waals surface area contributed by atoms with Crippen LogP contribution in [0.1, 0.15) is 106 Å². The second-order valence-corrected chi connectivity index (χ2v) is 11.8. The van der Waals surface area contributed by atoms with Gasteiger partial charge in [-0.25, -0.2) is 9.59 Å². The van der Waals surface area contributed by atoms with Crippen molar-refractivity contribution in [1.82, 2.24) is 0 Å². The molecule has 0 bridgehead atoms. The van der Waals surface area contributed by atoms with Gasteiger partial charge in [0.15, 0.2) is 0 Å². The van der Waals surface area contributed by atoms with Crippen LogP contribution in [0.25, 0.3) is 6.08 Å². The van der Waals surface area contributed by atoms with E-state index in [1.165, 1.54) is 51.0 Å². The lowest BCUT2D eigenvalue weighted by Gasteiger charge is -2.07. The Kier molecular flexibility index (Phi) is 17.4. The van der Waals surface area contributed by atoms with Crippen molar-refractivity contribution < 1.29 is 28.5 Å². The summed E-state index contributed by atoms with van der Waals surface area (Å²) < 4.78 is 22.3. The first kappa shape index (κ1) is 37.0. The number of carbonyl (C=O) groups excluding carboxylic acids is 2. The Labute approximate surface area is 280 Å². The average molecular weight is 645 g/mol. The molecule has 0 aliphatic carbocycles. The summed E-state index contributed by atoms with van der Waals surface area (Å²) in [5.41, 5.74) is 13.7. The lowest BCUT2D eigenvalue weighted by Crippen LogP contribution is -2.07. The highest BCUT2D eigenvalue weighted by Crippen LogP contribution is 2.20. The number of hydrogen-bond acceptors (Lipinski definition) is 8. The maximum atomic E-state index is 12.2. The number of nitrogens with two attached hydrogens (primary N) is 2. The summed E-state index contributed by atoms with van der Waals surface area (Å²) in [6.07, 6.45) is 17.8. The van der Waals surface area contributed by atoms with Gasteiger partial charge in [-0.1, -0.05) is 83.3 Å². The predicted molar refractivity (Wildman–Crippen MR) is 190 cm³/mol. The molecule has 0 aromatic heterocycles. The highest BCUT2D eigenvalue weighted by Gasteiger charge is 2.08. The highest BCUT2D eigenvalue weighted by molar-refractivity contribution is 5.91. The van der Waals surface area contributed by atoms with Gasteiger partial charge in [0, 0.05) is 17.5 Å². The molecular weight excluding hydrogens is 592 g/mol. The molecular formula is C39H52N2O6. The second kappa shape index (κ2) is 22.1. The minimum atomic E-state index is -0.432. The fraction of sp³-hybridized carbons (Fsp3) is 0.436. The molecule has 0 fully saturated rings. The van der Waals surface area contributed by atoms with Crippen LogP contribution in [0.5, 0.6) is 17.2 Å². The van der Waals surface area contributed by atoms with Gasteiger partial charge in [-0.2, -0.15) is 0 Å². The van der Waals surface area contributed by atoms with Gasteiger partial charge in [0.2, 0.25) is 0 Å². The zero-order valence-corrected chi connectivity index (χ0v) is 27.9. The molecule has 0 aliphatic rings. The van der Waals surface area contributed by atoms with Crippen LogP contribution in [0.4, 0.5) is 11.4 Å². The van der Waals surface area contributed by atoms with E-state index >= 15 is 0 Å². The molecule has 0 aliphatic heterocycles. The smallest absolute Gasteiger partial charge is 0.338 e.